The Morgan fingerprint density at radius 3 is 2.43 bits per heavy atom. The van der Waals surface area contributed by atoms with E-state index in [9.17, 15) is 18.7 Å². The minimum atomic E-state index is -0.893. The second-order valence-electron chi connectivity index (χ2n) is 7.09. The zero-order valence-electron chi connectivity index (χ0n) is 12.7. The molecule has 0 radical (unpaired) electrons. The third-order valence-corrected chi connectivity index (χ3v) is 4.75. The Bertz CT molecular complexity index is 534. The number of halogens is 2. The molecule has 0 bridgehead atoms. The first-order chi connectivity index (χ1) is 9.70. The van der Waals surface area contributed by atoms with Gasteiger partial charge in [-0.05, 0) is 42.2 Å². The number of carboxylic acids is 1. The van der Waals surface area contributed by atoms with Crippen molar-refractivity contribution in [2.45, 2.75) is 46.0 Å². The van der Waals surface area contributed by atoms with Crippen molar-refractivity contribution in [3.8, 4) is 0 Å². The highest BCUT2D eigenvalue weighted by Gasteiger charge is 2.40. The van der Waals surface area contributed by atoms with E-state index in [0.717, 1.165) is 12.5 Å². The van der Waals surface area contributed by atoms with Gasteiger partial charge in [0, 0.05) is 12.0 Å². The number of rotatable bonds is 2. The average molecular weight is 296 g/mol. The van der Waals surface area contributed by atoms with Crippen LogP contribution in [0.15, 0.2) is 18.2 Å². The standard InChI is InChI=1S/C17H22F2O2/c1-17(2,3)10-4-6-13(16(20)21)14(8-10)12-7-5-11(18)9-15(12)19/h5,7,9-10,13-14H,4,6,8H2,1-3H3,(H,20,21). The summed E-state index contributed by atoms with van der Waals surface area (Å²) < 4.78 is 27.1. The summed E-state index contributed by atoms with van der Waals surface area (Å²) in [6, 6.07) is 3.45. The van der Waals surface area contributed by atoms with E-state index < -0.39 is 23.5 Å². The fraction of sp³-hybridized carbons (Fsp3) is 0.588. The summed E-state index contributed by atoms with van der Waals surface area (Å²) in [6.07, 6.45) is 2.00. The Morgan fingerprint density at radius 1 is 1.24 bits per heavy atom. The van der Waals surface area contributed by atoms with Crippen molar-refractivity contribution in [1.82, 2.24) is 0 Å². The maximum atomic E-state index is 14.1. The molecule has 0 heterocycles. The van der Waals surface area contributed by atoms with Gasteiger partial charge in [-0.2, -0.15) is 0 Å². The molecule has 0 saturated heterocycles. The molecular weight excluding hydrogens is 274 g/mol. The SMILES string of the molecule is CC(C)(C)C1CCC(C(=O)O)C(c2ccc(F)cc2F)C1. The highest BCUT2D eigenvalue weighted by atomic mass is 19.1. The topological polar surface area (TPSA) is 37.3 Å². The van der Waals surface area contributed by atoms with E-state index in [2.05, 4.69) is 20.8 Å². The predicted octanol–water partition coefficient (Wildman–Crippen LogP) is 4.60. The van der Waals surface area contributed by atoms with Gasteiger partial charge in [0.15, 0.2) is 0 Å². The molecule has 3 unspecified atom stereocenters. The van der Waals surface area contributed by atoms with Gasteiger partial charge in [0.2, 0.25) is 0 Å². The fourth-order valence-electron chi connectivity index (χ4n) is 3.40. The quantitative estimate of drug-likeness (QED) is 0.866. The van der Waals surface area contributed by atoms with Crippen molar-refractivity contribution >= 4 is 5.97 Å². The first kappa shape index (κ1) is 15.9. The van der Waals surface area contributed by atoms with Gasteiger partial charge in [0.1, 0.15) is 11.6 Å². The normalized spacial score (nSPS) is 26.6. The molecule has 1 aliphatic carbocycles. The Kier molecular flexibility index (Phi) is 4.35. The summed E-state index contributed by atoms with van der Waals surface area (Å²) in [6.45, 7) is 6.37. The van der Waals surface area contributed by atoms with Crippen LogP contribution >= 0.6 is 0 Å². The summed E-state index contributed by atoms with van der Waals surface area (Å²) in [5.41, 5.74) is 0.385. The van der Waals surface area contributed by atoms with E-state index >= 15 is 0 Å². The summed E-state index contributed by atoms with van der Waals surface area (Å²) in [7, 11) is 0. The lowest BCUT2D eigenvalue weighted by atomic mass is 9.64. The number of benzene rings is 1. The third-order valence-electron chi connectivity index (χ3n) is 4.75. The van der Waals surface area contributed by atoms with Crippen LogP contribution in [0.5, 0.6) is 0 Å². The molecule has 1 aliphatic rings. The van der Waals surface area contributed by atoms with Gasteiger partial charge in [-0.1, -0.05) is 26.8 Å². The molecule has 0 aromatic heterocycles. The Balaban J connectivity index is 2.36. The van der Waals surface area contributed by atoms with Gasteiger partial charge in [-0.3, -0.25) is 4.79 Å². The molecule has 0 aliphatic heterocycles. The second kappa shape index (κ2) is 5.74. The molecule has 116 valence electrons. The largest absolute Gasteiger partial charge is 0.481 e. The van der Waals surface area contributed by atoms with Crippen LogP contribution in [0, 0.1) is 28.9 Å². The van der Waals surface area contributed by atoms with Crippen molar-refractivity contribution in [2.24, 2.45) is 17.3 Å². The molecule has 1 aromatic carbocycles. The molecule has 3 atom stereocenters. The lowest BCUT2D eigenvalue weighted by Gasteiger charge is -2.40. The number of carbonyl (C=O) groups is 1. The van der Waals surface area contributed by atoms with Crippen molar-refractivity contribution in [3.63, 3.8) is 0 Å². The molecule has 1 fully saturated rings. The van der Waals surface area contributed by atoms with Crippen LogP contribution in [0.25, 0.3) is 0 Å². The third kappa shape index (κ3) is 3.42. The Morgan fingerprint density at radius 2 is 1.90 bits per heavy atom. The van der Waals surface area contributed by atoms with Gasteiger partial charge in [0.25, 0.3) is 0 Å². The number of hydrogen-bond donors (Lipinski definition) is 1. The zero-order chi connectivity index (χ0) is 15.8. The molecule has 2 rings (SSSR count). The minimum absolute atomic E-state index is 0.0538. The second-order valence-corrected chi connectivity index (χ2v) is 7.09. The van der Waals surface area contributed by atoms with Crippen LogP contribution in [0.4, 0.5) is 8.78 Å². The zero-order valence-corrected chi connectivity index (χ0v) is 12.7. The van der Waals surface area contributed by atoms with Gasteiger partial charge in [-0.25, -0.2) is 8.78 Å². The van der Waals surface area contributed by atoms with Crippen LogP contribution in [-0.2, 0) is 4.79 Å². The van der Waals surface area contributed by atoms with Gasteiger partial charge >= 0.3 is 5.97 Å². The van der Waals surface area contributed by atoms with Crippen LogP contribution in [0.2, 0.25) is 0 Å². The highest BCUT2D eigenvalue weighted by molar-refractivity contribution is 5.71. The maximum Gasteiger partial charge on any atom is 0.307 e. The molecular formula is C17H22F2O2. The van der Waals surface area contributed by atoms with Crippen molar-refractivity contribution in [3.05, 3.63) is 35.4 Å². The predicted molar refractivity (Wildman–Crippen MR) is 77.0 cm³/mol. The first-order valence-corrected chi connectivity index (χ1v) is 7.38. The van der Waals surface area contributed by atoms with Crippen LogP contribution in [-0.4, -0.2) is 11.1 Å². The number of hydrogen-bond acceptors (Lipinski definition) is 1. The van der Waals surface area contributed by atoms with Gasteiger partial charge < -0.3 is 5.11 Å². The fourth-order valence-corrected chi connectivity index (χ4v) is 3.40. The smallest absolute Gasteiger partial charge is 0.307 e. The molecule has 0 spiro atoms. The van der Waals surface area contributed by atoms with E-state index in [0.29, 0.717) is 24.3 Å². The van der Waals surface area contributed by atoms with Crippen molar-refractivity contribution in [2.75, 3.05) is 0 Å². The lowest BCUT2D eigenvalue weighted by Crippen LogP contribution is -2.34. The summed E-state index contributed by atoms with van der Waals surface area (Å²) in [5.74, 6) is -2.81. The summed E-state index contributed by atoms with van der Waals surface area (Å²) >= 11 is 0. The molecule has 1 aromatic rings. The van der Waals surface area contributed by atoms with Crippen LogP contribution in [0.3, 0.4) is 0 Å². The average Bonchev–Trinajstić information content (AvgIpc) is 2.37. The van der Waals surface area contributed by atoms with Crippen molar-refractivity contribution in [1.29, 1.82) is 0 Å². The van der Waals surface area contributed by atoms with E-state index in [1.807, 2.05) is 0 Å². The van der Waals surface area contributed by atoms with E-state index in [4.69, 9.17) is 0 Å². The molecule has 21 heavy (non-hydrogen) atoms. The first-order valence-electron chi connectivity index (χ1n) is 7.38. The van der Waals surface area contributed by atoms with Gasteiger partial charge in [-0.15, -0.1) is 0 Å². The summed E-state index contributed by atoms with van der Waals surface area (Å²) in [4.78, 5) is 11.5. The molecule has 2 nitrogen and oxygen atoms in total. The van der Waals surface area contributed by atoms with Gasteiger partial charge in [0.05, 0.1) is 5.92 Å². The summed E-state index contributed by atoms with van der Waals surface area (Å²) in [5, 5.41) is 9.41. The Labute approximate surface area is 124 Å². The van der Waals surface area contributed by atoms with Crippen molar-refractivity contribution < 1.29 is 18.7 Å². The molecule has 1 N–H and O–H groups in total. The lowest BCUT2D eigenvalue weighted by molar-refractivity contribution is -0.144. The molecule has 1 saturated carbocycles. The maximum absolute atomic E-state index is 14.1. The van der Waals surface area contributed by atoms with E-state index in [1.165, 1.54) is 12.1 Å². The highest BCUT2D eigenvalue weighted by Crippen LogP contribution is 2.47. The van der Waals surface area contributed by atoms with Crippen LogP contribution < -0.4 is 0 Å². The molecule has 0 amide bonds. The molecule has 4 heteroatoms. The number of carboxylic acid groups (broad SMARTS) is 1. The van der Waals surface area contributed by atoms with E-state index in [1.54, 1.807) is 0 Å². The number of aliphatic carboxylic acids is 1. The van der Waals surface area contributed by atoms with E-state index in [-0.39, 0.29) is 11.3 Å². The minimum Gasteiger partial charge on any atom is -0.481 e. The Hall–Kier alpha value is -1.45. The van der Waals surface area contributed by atoms with Crippen LogP contribution in [0.1, 0.15) is 51.5 Å². The monoisotopic (exact) mass is 296 g/mol.